The number of hydrogen-bond acceptors (Lipinski definition) is 3. The molecule has 0 radical (unpaired) electrons. The molecule has 34 heavy (non-hydrogen) atoms. The van der Waals surface area contributed by atoms with Crippen molar-refractivity contribution in [2.75, 3.05) is 13.7 Å². The summed E-state index contributed by atoms with van der Waals surface area (Å²) in [4.78, 5) is 17.2. The van der Waals surface area contributed by atoms with Gasteiger partial charge in [0.15, 0.2) is 0 Å². The summed E-state index contributed by atoms with van der Waals surface area (Å²) in [6.07, 6.45) is 3.43. The van der Waals surface area contributed by atoms with Gasteiger partial charge in [0, 0.05) is 23.6 Å². The number of rotatable bonds is 10. The Morgan fingerprint density at radius 2 is 1.82 bits per heavy atom. The zero-order chi connectivity index (χ0) is 23.9. The van der Waals surface area contributed by atoms with Crippen molar-refractivity contribution in [2.24, 2.45) is 0 Å². The maximum absolute atomic E-state index is 14.4. The Labute approximate surface area is 203 Å². The highest BCUT2D eigenvalue weighted by Gasteiger charge is 2.15. The molecule has 0 aliphatic heterocycles. The minimum atomic E-state index is -0.318. The van der Waals surface area contributed by atoms with E-state index >= 15 is 0 Å². The molecule has 0 atom stereocenters. The first kappa shape index (κ1) is 23.8. The number of carbonyl (C=O) groups is 1. The maximum Gasteiger partial charge on any atom is 0.255 e. The van der Waals surface area contributed by atoms with Crippen molar-refractivity contribution >= 4 is 28.5 Å². The average molecular weight is 480 g/mol. The van der Waals surface area contributed by atoms with E-state index in [1.165, 1.54) is 6.07 Å². The van der Waals surface area contributed by atoms with Gasteiger partial charge in [0.05, 0.1) is 30.3 Å². The van der Waals surface area contributed by atoms with Gasteiger partial charge in [-0.25, -0.2) is 9.37 Å². The molecule has 1 amide bonds. The lowest BCUT2D eigenvalue weighted by molar-refractivity contribution is 0.0950. The van der Waals surface area contributed by atoms with Crippen LogP contribution in [0.15, 0.2) is 66.7 Å². The quantitative estimate of drug-likeness (QED) is 0.282. The molecule has 1 aromatic heterocycles. The summed E-state index contributed by atoms with van der Waals surface area (Å²) in [5.74, 6) is 1.01. The number of nitrogens with zero attached hydrogens (tertiary/aromatic N) is 2. The van der Waals surface area contributed by atoms with Crippen LogP contribution < -0.4 is 10.1 Å². The zero-order valence-electron chi connectivity index (χ0n) is 19.1. The van der Waals surface area contributed by atoms with Gasteiger partial charge in [-0.05, 0) is 49.2 Å². The Morgan fingerprint density at radius 3 is 2.65 bits per heavy atom. The largest absolute Gasteiger partial charge is 0.496 e. The number of para-hydroxylation sites is 3. The second kappa shape index (κ2) is 11.2. The Morgan fingerprint density at radius 1 is 1.03 bits per heavy atom. The molecule has 0 bridgehead atoms. The summed E-state index contributed by atoms with van der Waals surface area (Å²) >= 11 is 6.28. The lowest BCUT2D eigenvalue weighted by Gasteiger charge is -2.12. The second-order valence-electron chi connectivity index (χ2n) is 8.07. The molecule has 0 aliphatic rings. The highest BCUT2D eigenvalue weighted by molar-refractivity contribution is 6.31. The van der Waals surface area contributed by atoms with Gasteiger partial charge in [0.1, 0.15) is 17.4 Å². The summed E-state index contributed by atoms with van der Waals surface area (Å²) in [6, 6.07) is 19.8. The van der Waals surface area contributed by atoms with Crippen molar-refractivity contribution in [1.82, 2.24) is 14.9 Å². The van der Waals surface area contributed by atoms with Gasteiger partial charge in [-0.2, -0.15) is 0 Å². The monoisotopic (exact) mass is 479 g/mol. The maximum atomic E-state index is 14.4. The van der Waals surface area contributed by atoms with Gasteiger partial charge >= 0.3 is 0 Å². The third-order valence-corrected chi connectivity index (χ3v) is 6.18. The number of hydrogen-bond donors (Lipinski definition) is 1. The number of halogens is 2. The van der Waals surface area contributed by atoms with Gasteiger partial charge in [0.25, 0.3) is 5.91 Å². The van der Waals surface area contributed by atoms with Crippen molar-refractivity contribution in [3.05, 3.63) is 94.5 Å². The molecule has 7 heteroatoms. The fraction of sp³-hybridized carbons (Fsp3) is 0.259. The van der Waals surface area contributed by atoms with Gasteiger partial charge in [-0.15, -0.1) is 0 Å². The van der Waals surface area contributed by atoms with Crippen LogP contribution in [0.1, 0.15) is 41.0 Å². The number of carbonyl (C=O) groups excluding carboxylic acids is 1. The molecule has 0 saturated carbocycles. The highest BCUT2D eigenvalue weighted by atomic mass is 35.5. The number of amides is 1. The summed E-state index contributed by atoms with van der Waals surface area (Å²) in [5, 5.41) is 3.37. The minimum Gasteiger partial charge on any atom is -0.496 e. The van der Waals surface area contributed by atoms with Crippen LogP contribution in [0, 0.1) is 5.82 Å². The fourth-order valence-corrected chi connectivity index (χ4v) is 4.27. The van der Waals surface area contributed by atoms with Crippen LogP contribution in [-0.2, 0) is 13.0 Å². The van der Waals surface area contributed by atoms with Gasteiger partial charge < -0.3 is 14.6 Å². The Kier molecular flexibility index (Phi) is 7.80. The molecule has 176 valence electrons. The number of ether oxygens (including phenoxy) is 1. The van der Waals surface area contributed by atoms with E-state index in [2.05, 4.69) is 5.32 Å². The van der Waals surface area contributed by atoms with Gasteiger partial charge in [-0.1, -0.05) is 48.4 Å². The van der Waals surface area contributed by atoms with Crippen LogP contribution in [0.3, 0.4) is 0 Å². The topological polar surface area (TPSA) is 56.1 Å². The number of benzene rings is 3. The predicted molar refractivity (Wildman–Crippen MR) is 133 cm³/mol. The molecule has 0 unspecified atom stereocenters. The third kappa shape index (κ3) is 5.39. The van der Waals surface area contributed by atoms with Crippen molar-refractivity contribution in [3.8, 4) is 5.75 Å². The molecule has 1 heterocycles. The lowest BCUT2D eigenvalue weighted by Crippen LogP contribution is -2.24. The number of aromatic nitrogens is 2. The van der Waals surface area contributed by atoms with E-state index in [-0.39, 0.29) is 11.7 Å². The van der Waals surface area contributed by atoms with Gasteiger partial charge in [-0.3, -0.25) is 4.79 Å². The molecule has 4 aromatic rings. The number of nitrogens with one attached hydrogen (secondary N) is 1. The second-order valence-corrected chi connectivity index (χ2v) is 8.48. The molecule has 0 aliphatic carbocycles. The standard InChI is InChI=1S/C27H27ClFN3O2/c1-34-25-15-7-4-10-19(25)27(33)30-17-8-2-3-16-26-31-23-13-5-6-14-24(23)32(26)18-20-21(28)11-9-12-22(20)29/h4-7,9-15H,2-3,8,16-18H2,1H3,(H,30,33). The van der Waals surface area contributed by atoms with E-state index in [9.17, 15) is 9.18 Å². The molecule has 0 saturated heterocycles. The van der Waals surface area contributed by atoms with Crippen molar-refractivity contribution in [2.45, 2.75) is 32.2 Å². The molecule has 4 rings (SSSR count). The SMILES string of the molecule is COc1ccccc1C(=O)NCCCCCc1nc2ccccc2n1Cc1c(F)cccc1Cl. The zero-order valence-corrected chi connectivity index (χ0v) is 19.8. The van der Waals surface area contributed by atoms with E-state index < -0.39 is 0 Å². The van der Waals surface area contributed by atoms with Gasteiger partial charge in [0.2, 0.25) is 0 Å². The van der Waals surface area contributed by atoms with Crippen molar-refractivity contribution in [1.29, 1.82) is 0 Å². The van der Waals surface area contributed by atoms with Crippen LogP contribution in [0.4, 0.5) is 4.39 Å². The minimum absolute atomic E-state index is 0.138. The molecule has 5 nitrogen and oxygen atoms in total. The number of aryl methyl sites for hydroxylation is 1. The summed E-state index contributed by atoms with van der Waals surface area (Å²) in [5.41, 5.74) is 2.84. The number of fused-ring (bicyclic) bond motifs is 1. The van der Waals surface area contributed by atoms with Crippen LogP contribution in [0.5, 0.6) is 5.75 Å². The van der Waals surface area contributed by atoms with Crippen LogP contribution in [0.25, 0.3) is 11.0 Å². The van der Waals surface area contributed by atoms with E-state index in [1.54, 1.807) is 31.4 Å². The number of unbranched alkanes of at least 4 members (excludes halogenated alkanes) is 2. The van der Waals surface area contributed by atoms with Crippen LogP contribution in [-0.4, -0.2) is 29.1 Å². The smallest absolute Gasteiger partial charge is 0.255 e. The first-order chi connectivity index (χ1) is 16.6. The molecule has 1 N–H and O–H groups in total. The van der Waals surface area contributed by atoms with Crippen LogP contribution >= 0.6 is 11.6 Å². The van der Waals surface area contributed by atoms with Crippen molar-refractivity contribution < 1.29 is 13.9 Å². The normalized spacial score (nSPS) is 11.0. The molecular weight excluding hydrogens is 453 g/mol. The number of methoxy groups -OCH3 is 1. The van der Waals surface area contributed by atoms with E-state index in [4.69, 9.17) is 21.3 Å². The van der Waals surface area contributed by atoms with E-state index in [1.807, 2.05) is 41.0 Å². The first-order valence-corrected chi connectivity index (χ1v) is 11.7. The number of imidazole rings is 1. The van der Waals surface area contributed by atoms with Crippen molar-refractivity contribution in [3.63, 3.8) is 0 Å². The fourth-order valence-electron chi connectivity index (χ4n) is 4.05. The van der Waals surface area contributed by atoms with E-state index in [0.29, 0.717) is 35.0 Å². The molecule has 0 fully saturated rings. The predicted octanol–water partition coefficient (Wildman–Crippen LogP) is 6.03. The summed E-state index contributed by atoms with van der Waals surface area (Å²) in [6.45, 7) is 0.911. The average Bonchev–Trinajstić information content (AvgIpc) is 3.20. The summed E-state index contributed by atoms with van der Waals surface area (Å²) < 4.78 is 21.7. The molecule has 3 aromatic carbocycles. The Hall–Kier alpha value is -3.38. The highest BCUT2D eigenvalue weighted by Crippen LogP contribution is 2.25. The molecular formula is C27H27ClFN3O2. The third-order valence-electron chi connectivity index (χ3n) is 5.83. The first-order valence-electron chi connectivity index (χ1n) is 11.4. The van der Waals surface area contributed by atoms with Crippen LogP contribution in [0.2, 0.25) is 5.02 Å². The Bertz CT molecular complexity index is 1270. The Balaban J connectivity index is 1.36. The molecule has 0 spiro atoms. The lowest BCUT2D eigenvalue weighted by atomic mass is 10.1. The summed E-state index contributed by atoms with van der Waals surface area (Å²) in [7, 11) is 1.56. The van der Waals surface area contributed by atoms with E-state index in [0.717, 1.165) is 42.5 Å².